The molecular formula is C13H14N6OS. The summed E-state index contributed by atoms with van der Waals surface area (Å²) in [6, 6.07) is 5.33. The van der Waals surface area contributed by atoms with Gasteiger partial charge in [-0.15, -0.1) is 10.2 Å². The van der Waals surface area contributed by atoms with Gasteiger partial charge in [0.05, 0.1) is 16.8 Å². The van der Waals surface area contributed by atoms with E-state index in [0.29, 0.717) is 17.2 Å². The maximum absolute atomic E-state index is 12.2. The molecule has 2 aromatic heterocycles. The van der Waals surface area contributed by atoms with Crippen LogP contribution in [0.5, 0.6) is 0 Å². The average Bonchev–Trinajstić information content (AvgIpc) is 3.08. The summed E-state index contributed by atoms with van der Waals surface area (Å²) >= 11 is 1.37. The van der Waals surface area contributed by atoms with Gasteiger partial charge in [-0.05, 0) is 25.1 Å². The second-order valence-corrected chi connectivity index (χ2v) is 5.51. The quantitative estimate of drug-likeness (QED) is 0.759. The number of nitrogens with zero attached hydrogens (tertiary/aromatic N) is 4. The number of hydrogen-bond acceptors (Lipinski definition) is 6. The van der Waals surface area contributed by atoms with Crippen molar-refractivity contribution < 1.29 is 4.79 Å². The Morgan fingerprint density at radius 1 is 1.48 bits per heavy atom. The highest BCUT2D eigenvalue weighted by atomic mass is 32.1. The van der Waals surface area contributed by atoms with Gasteiger partial charge in [-0.2, -0.15) is 0 Å². The first-order valence-electron chi connectivity index (χ1n) is 6.48. The Balaban J connectivity index is 1.74. The average molecular weight is 302 g/mol. The molecule has 3 N–H and O–H groups in total. The van der Waals surface area contributed by atoms with Gasteiger partial charge >= 0.3 is 0 Å². The Bertz CT molecular complexity index is 793. The van der Waals surface area contributed by atoms with Crippen molar-refractivity contribution in [2.75, 3.05) is 5.73 Å². The number of aromatic nitrogens is 4. The van der Waals surface area contributed by atoms with Gasteiger partial charge in [0, 0.05) is 12.1 Å². The van der Waals surface area contributed by atoms with E-state index in [9.17, 15) is 4.79 Å². The summed E-state index contributed by atoms with van der Waals surface area (Å²) in [5.41, 5.74) is 7.04. The molecule has 1 aromatic carbocycles. The first-order valence-corrected chi connectivity index (χ1v) is 7.30. The molecule has 0 radical (unpaired) electrons. The third-order valence-corrected chi connectivity index (χ3v) is 3.96. The van der Waals surface area contributed by atoms with Crippen LogP contribution in [0.4, 0.5) is 5.13 Å². The lowest BCUT2D eigenvalue weighted by atomic mass is 10.2. The van der Waals surface area contributed by atoms with E-state index in [0.717, 1.165) is 22.6 Å². The Morgan fingerprint density at radius 3 is 3.14 bits per heavy atom. The predicted octanol–water partition coefficient (Wildman–Crippen LogP) is 1.42. The van der Waals surface area contributed by atoms with E-state index < -0.39 is 0 Å². The molecular weight excluding hydrogens is 288 g/mol. The third kappa shape index (κ3) is 2.70. The van der Waals surface area contributed by atoms with Crippen LogP contribution in [0, 0.1) is 0 Å². The first-order chi connectivity index (χ1) is 10.2. The molecule has 0 bridgehead atoms. The van der Waals surface area contributed by atoms with Crippen molar-refractivity contribution in [3.63, 3.8) is 0 Å². The van der Waals surface area contributed by atoms with Gasteiger partial charge in [0.1, 0.15) is 6.33 Å². The summed E-state index contributed by atoms with van der Waals surface area (Å²) in [6.45, 7) is 3.11. The summed E-state index contributed by atoms with van der Waals surface area (Å²) in [5, 5.41) is 11.1. The number of thiazole rings is 1. The molecule has 0 unspecified atom stereocenters. The Labute approximate surface area is 124 Å². The monoisotopic (exact) mass is 302 g/mol. The van der Waals surface area contributed by atoms with E-state index >= 15 is 0 Å². The van der Waals surface area contributed by atoms with Crippen LogP contribution in [0.15, 0.2) is 24.5 Å². The highest BCUT2D eigenvalue weighted by Gasteiger charge is 2.10. The zero-order valence-electron chi connectivity index (χ0n) is 11.4. The second-order valence-electron chi connectivity index (χ2n) is 4.45. The maximum Gasteiger partial charge on any atom is 0.251 e. The van der Waals surface area contributed by atoms with Gasteiger partial charge < -0.3 is 15.6 Å². The molecule has 2 heterocycles. The minimum atomic E-state index is -0.158. The molecule has 3 rings (SSSR count). The van der Waals surface area contributed by atoms with Crippen LogP contribution in [0.2, 0.25) is 0 Å². The Kier molecular flexibility index (Phi) is 3.53. The lowest BCUT2D eigenvalue weighted by Crippen LogP contribution is -2.24. The standard InChI is InChI=1S/C13H14N6OS/c1-2-19-7-16-18-11(19)6-15-12(20)8-3-4-9-10(5-8)21-13(14)17-9/h3-5,7H,2,6H2,1H3,(H2,14,17)(H,15,20). The number of benzene rings is 1. The zero-order valence-corrected chi connectivity index (χ0v) is 12.2. The van der Waals surface area contributed by atoms with Gasteiger partial charge in [-0.25, -0.2) is 4.98 Å². The first kappa shape index (κ1) is 13.5. The van der Waals surface area contributed by atoms with E-state index in [1.807, 2.05) is 11.5 Å². The van der Waals surface area contributed by atoms with Crippen molar-refractivity contribution in [1.29, 1.82) is 0 Å². The fraction of sp³-hybridized carbons (Fsp3) is 0.231. The molecule has 21 heavy (non-hydrogen) atoms. The fourth-order valence-corrected chi connectivity index (χ4v) is 2.80. The van der Waals surface area contributed by atoms with Crippen molar-refractivity contribution in [2.45, 2.75) is 20.0 Å². The van der Waals surface area contributed by atoms with Gasteiger partial charge in [0.2, 0.25) is 0 Å². The van der Waals surface area contributed by atoms with E-state index in [1.165, 1.54) is 11.3 Å². The molecule has 7 nitrogen and oxygen atoms in total. The van der Waals surface area contributed by atoms with Crippen molar-refractivity contribution >= 4 is 32.6 Å². The molecule has 0 aliphatic carbocycles. The largest absolute Gasteiger partial charge is 0.375 e. The van der Waals surface area contributed by atoms with E-state index in [2.05, 4.69) is 20.5 Å². The van der Waals surface area contributed by atoms with Crippen molar-refractivity contribution in [2.24, 2.45) is 0 Å². The van der Waals surface area contributed by atoms with Gasteiger partial charge in [-0.1, -0.05) is 11.3 Å². The number of aryl methyl sites for hydroxylation is 1. The third-order valence-electron chi connectivity index (χ3n) is 3.11. The number of carbonyl (C=O) groups excluding carboxylic acids is 1. The lowest BCUT2D eigenvalue weighted by molar-refractivity contribution is 0.0949. The van der Waals surface area contributed by atoms with Gasteiger partial charge in [0.15, 0.2) is 11.0 Å². The summed E-state index contributed by atoms with van der Waals surface area (Å²) in [4.78, 5) is 16.3. The molecule has 1 amide bonds. The number of rotatable bonds is 4. The number of fused-ring (bicyclic) bond motifs is 1. The molecule has 3 aromatic rings. The molecule has 0 atom stereocenters. The van der Waals surface area contributed by atoms with Crippen molar-refractivity contribution in [1.82, 2.24) is 25.1 Å². The molecule has 0 saturated heterocycles. The Morgan fingerprint density at radius 2 is 2.33 bits per heavy atom. The van der Waals surface area contributed by atoms with E-state index in [-0.39, 0.29) is 5.91 Å². The molecule has 108 valence electrons. The van der Waals surface area contributed by atoms with Gasteiger partial charge in [0.25, 0.3) is 5.91 Å². The lowest BCUT2D eigenvalue weighted by Gasteiger charge is -2.06. The molecule has 0 fully saturated rings. The number of carbonyl (C=O) groups is 1. The van der Waals surface area contributed by atoms with E-state index in [1.54, 1.807) is 24.5 Å². The van der Waals surface area contributed by atoms with Crippen LogP contribution in [0.25, 0.3) is 10.2 Å². The van der Waals surface area contributed by atoms with Crippen LogP contribution in [0.1, 0.15) is 23.1 Å². The minimum Gasteiger partial charge on any atom is -0.375 e. The SMILES string of the molecule is CCn1cnnc1CNC(=O)c1ccc2nc(N)sc2c1. The topological polar surface area (TPSA) is 98.7 Å². The second kappa shape index (κ2) is 5.49. The summed E-state index contributed by atoms with van der Waals surface area (Å²) in [7, 11) is 0. The number of hydrogen-bond donors (Lipinski definition) is 2. The van der Waals surface area contributed by atoms with E-state index in [4.69, 9.17) is 5.73 Å². The number of anilines is 1. The van der Waals surface area contributed by atoms with Crippen molar-refractivity contribution in [3.05, 3.63) is 35.9 Å². The molecule has 0 aliphatic heterocycles. The molecule has 0 aliphatic rings. The summed E-state index contributed by atoms with van der Waals surface area (Å²) < 4.78 is 2.78. The highest BCUT2D eigenvalue weighted by Crippen LogP contribution is 2.24. The number of nitrogens with two attached hydrogens (primary N) is 1. The minimum absolute atomic E-state index is 0.158. The van der Waals surface area contributed by atoms with Crippen LogP contribution in [-0.4, -0.2) is 25.7 Å². The molecule has 0 saturated carbocycles. The smallest absolute Gasteiger partial charge is 0.251 e. The number of nitrogen functional groups attached to an aromatic ring is 1. The van der Waals surface area contributed by atoms with Gasteiger partial charge in [-0.3, -0.25) is 4.79 Å². The predicted molar refractivity (Wildman–Crippen MR) is 80.9 cm³/mol. The number of nitrogens with one attached hydrogen (secondary N) is 1. The normalized spacial score (nSPS) is 10.9. The van der Waals surface area contributed by atoms with Crippen LogP contribution in [-0.2, 0) is 13.1 Å². The Hall–Kier alpha value is -2.48. The van der Waals surface area contributed by atoms with Crippen LogP contribution >= 0.6 is 11.3 Å². The highest BCUT2D eigenvalue weighted by molar-refractivity contribution is 7.22. The molecule has 0 spiro atoms. The summed E-state index contributed by atoms with van der Waals surface area (Å²) in [5.74, 6) is 0.573. The van der Waals surface area contributed by atoms with Crippen LogP contribution < -0.4 is 11.1 Å². The maximum atomic E-state index is 12.2. The number of amides is 1. The summed E-state index contributed by atoms with van der Waals surface area (Å²) in [6.07, 6.45) is 1.65. The molecule has 8 heteroatoms. The van der Waals surface area contributed by atoms with Crippen molar-refractivity contribution in [3.8, 4) is 0 Å². The van der Waals surface area contributed by atoms with Crippen LogP contribution in [0.3, 0.4) is 0 Å². The fourth-order valence-electron chi connectivity index (χ4n) is 2.03. The zero-order chi connectivity index (χ0) is 14.8.